The quantitative estimate of drug-likeness (QED) is 0.575. The van der Waals surface area contributed by atoms with E-state index in [4.69, 9.17) is 21.1 Å². The highest BCUT2D eigenvalue weighted by atomic mass is 35.5. The SMILES string of the molecule is CCCO[C@@H]1OC(=O)C[C@@H]1NC(=O)[C@@H]1CCCN1C(=O)CNC(=O)c1ccccc1Cl. The lowest BCUT2D eigenvalue weighted by Gasteiger charge is -2.26. The highest BCUT2D eigenvalue weighted by molar-refractivity contribution is 6.33. The number of rotatable bonds is 8. The van der Waals surface area contributed by atoms with Gasteiger partial charge in [-0.05, 0) is 31.4 Å². The fraction of sp³-hybridized carbons (Fsp3) is 0.524. The molecule has 0 saturated carbocycles. The Kier molecular flexibility index (Phi) is 7.86. The van der Waals surface area contributed by atoms with E-state index in [0.717, 1.165) is 6.42 Å². The minimum absolute atomic E-state index is 0.0225. The molecule has 10 heteroatoms. The summed E-state index contributed by atoms with van der Waals surface area (Å²) in [6.07, 6.45) is 1.11. The molecule has 0 unspecified atom stereocenters. The van der Waals surface area contributed by atoms with E-state index in [1.807, 2.05) is 6.92 Å². The Balaban J connectivity index is 1.55. The molecule has 2 fully saturated rings. The molecular weight excluding hydrogens is 426 g/mol. The Morgan fingerprint density at radius 3 is 2.81 bits per heavy atom. The van der Waals surface area contributed by atoms with Crippen LogP contribution in [-0.4, -0.2) is 66.7 Å². The summed E-state index contributed by atoms with van der Waals surface area (Å²) in [5.41, 5.74) is 0.275. The van der Waals surface area contributed by atoms with Crippen LogP contribution >= 0.6 is 11.6 Å². The van der Waals surface area contributed by atoms with E-state index in [9.17, 15) is 19.2 Å². The minimum Gasteiger partial charge on any atom is -0.433 e. The van der Waals surface area contributed by atoms with Crippen LogP contribution in [0.25, 0.3) is 0 Å². The van der Waals surface area contributed by atoms with Gasteiger partial charge in [0.15, 0.2) is 0 Å². The molecule has 0 bridgehead atoms. The standard InChI is InChI=1S/C21H26ClN3O6/c1-2-10-30-21-15(11-18(27)31-21)24-20(29)16-8-5-9-25(16)17(26)12-23-19(28)13-6-3-4-7-14(13)22/h3-4,6-7,15-16,21H,2,5,8-12H2,1H3,(H,23,28)(H,24,29)/t15-,16-,21+/m0/s1. The number of halogens is 1. The van der Waals surface area contributed by atoms with Gasteiger partial charge in [-0.2, -0.15) is 0 Å². The lowest BCUT2D eigenvalue weighted by Crippen LogP contribution is -2.52. The summed E-state index contributed by atoms with van der Waals surface area (Å²) in [6.45, 7) is 2.50. The maximum absolute atomic E-state index is 12.8. The van der Waals surface area contributed by atoms with Crippen LogP contribution in [0.15, 0.2) is 24.3 Å². The number of hydrogen-bond acceptors (Lipinski definition) is 6. The maximum atomic E-state index is 12.8. The van der Waals surface area contributed by atoms with E-state index in [1.165, 1.54) is 4.90 Å². The van der Waals surface area contributed by atoms with Gasteiger partial charge in [0, 0.05) is 6.54 Å². The summed E-state index contributed by atoms with van der Waals surface area (Å²) >= 11 is 6.01. The second kappa shape index (κ2) is 10.6. The summed E-state index contributed by atoms with van der Waals surface area (Å²) in [6, 6.07) is 5.28. The number of amides is 3. The number of carbonyl (C=O) groups excluding carboxylic acids is 4. The van der Waals surface area contributed by atoms with Crippen molar-refractivity contribution in [1.29, 1.82) is 0 Å². The molecule has 2 aliphatic rings. The third kappa shape index (κ3) is 5.74. The predicted octanol–water partition coefficient (Wildman–Crippen LogP) is 1.25. The zero-order valence-corrected chi connectivity index (χ0v) is 18.0. The van der Waals surface area contributed by atoms with Crippen molar-refractivity contribution in [2.45, 2.75) is 51.0 Å². The number of nitrogens with one attached hydrogen (secondary N) is 2. The lowest BCUT2D eigenvalue weighted by atomic mass is 10.1. The Labute approximate surface area is 185 Å². The van der Waals surface area contributed by atoms with Crippen LogP contribution in [0.3, 0.4) is 0 Å². The summed E-state index contributed by atoms with van der Waals surface area (Å²) in [7, 11) is 0. The first-order valence-corrected chi connectivity index (χ1v) is 10.7. The van der Waals surface area contributed by atoms with Gasteiger partial charge in [0.05, 0.1) is 30.2 Å². The highest BCUT2D eigenvalue weighted by Gasteiger charge is 2.40. The topological polar surface area (TPSA) is 114 Å². The summed E-state index contributed by atoms with van der Waals surface area (Å²) < 4.78 is 10.6. The molecule has 3 rings (SSSR count). The number of ether oxygens (including phenoxy) is 2. The second-order valence-corrected chi connectivity index (χ2v) is 7.86. The third-order valence-corrected chi connectivity index (χ3v) is 5.50. The first-order chi connectivity index (χ1) is 14.9. The van der Waals surface area contributed by atoms with Gasteiger partial charge in [0.2, 0.25) is 18.1 Å². The van der Waals surface area contributed by atoms with Crippen LogP contribution in [0.5, 0.6) is 0 Å². The van der Waals surface area contributed by atoms with Crippen LogP contribution in [0, 0.1) is 0 Å². The minimum atomic E-state index is -0.822. The number of hydrogen-bond donors (Lipinski definition) is 2. The Hall–Kier alpha value is -2.65. The van der Waals surface area contributed by atoms with E-state index >= 15 is 0 Å². The Morgan fingerprint density at radius 2 is 2.06 bits per heavy atom. The molecular formula is C21H26ClN3O6. The molecule has 1 aromatic rings. The molecule has 2 aliphatic heterocycles. The lowest BCUT2D eigenvalue weighted by molar-refractivity contribution is -0.165. The van der Waals surface area contributed by atoms with Crippen LogP contribution in [0.1, 0.15) is 43.0 Å². The van der Waals surface area contributed by atoms with Gasteiger partial charge in [0.1, 0.15) is 12.1 Å². The normalized spacial score (nSPS) is 22.8. The number of esters is 1. The van der Waals surface area contributed by atoms with E-state index in [2.05, 4.69) is 10.6 Å². The average molecular weight is 452 g/mol. The Bertz CT molecular complexity index is 848. The van der Waals surface area contributed by atoms with Crippen molar-refractivity contribution in [2.75, 3.05) is 19.7 Å². The highest BCUT2D eigenvalue weighted by Crippen LogP contribution is 2.21. The molecule has 1 aromatic carbocycles. The zero-order chi connectivity index (χ0) is 22.4. The van der Waals surface area contributed by atoms with Gasteiger partial charge in [0.25, 0.3) is 5.91 Å². The number of nitrogens with zero attached hydrogens (tertiary/aromatic N) is 1. The third-order valence-electron chi connectivity index (χ3n) is 5.17. The van der Waals surface area contributed by atoms with Crippen molar-refractivity contribution < 1.29 is 28.7 Å². The number of cyclic esters (lactones) is 1. The van der Waals surface area contributed by atoms with Gasteiger partial charge < -0.3 is 25.0 Å². The zero-order valence-electron chi connectivity index (χ0n) is 17.3. The number of likely N-dealkylation sites (tertiary alicyclic amines) is 1. The molecule has 2 heterocycles. The maximum Gasteiger partial charge on any atom is 0.310 e. The molecule has 9 nitrogen and oxygen atoms in total. The average Bonchev–Trinajstić information content (AvgIpc) is 3.37. The Morgan fingerprint density at radius 1 is 1.29 bits per heavy atom. The van der Waals surface area contributed by atoms with Crippen LogP contribution in [0.4, 0.5) is 0 Å². The largest absolute Gasteiger partial charge is 0.433 e. The molecule has 0 aliphatic carbocycles. The predicted molar refractivity (Wildman–Crippen MR) is 111 cm³/mol. The molecule has 3 atom stereocenters. The summed E-state index contributed by atoms with van der Waals surface area (Å²) in [5.74, 6) is -1.63. The fourth-order valence-electron chi connectivity index (χ4n) is 3.65. The van der Waals surface area contributed by atoms with Crippen LogP contribution < -0.4 is 10.6 Å². The first kappa shape index (κ1) is 23.0. The van der Waals surface area contributed by atoms with E-state index in [-0.39, 0.29) is 30.3 Å². The summed E-state index contributed by atoms with van der Waals surface area (Å²) in [5, 5.41) is 5.63. The van der Waals surface area contributed by atoms with E-state index in [1.54, 1.807) is 24.3 Å². The molecule has 2 saturated heterocycles. The van der Waals surface area contributed by atoms with Crippen LogP contribution in [0.2, 0.25) is 5.02 Å². The van der Waals surface area contributed by atoms with Crippen molar-refractivity contribution in [3.63, 3.8) is 0 Å². The second-order valence-electron chi connectivity index (χ2n) is 7.46. The van der Waals surface area contributed by atoms with Crippen LogP contribution in [-0.2, 0) is 23.9 Å². The molecule has 31 heavy (non-hydrogen) atoms. The van der Waals surface area contributed by atoms with Crippen molar-refractivity contribution >= 4 is 35.3 Å². The molecule has 2 N–H and O–H groups in total. The van der Waals surface area contributed by atoms with Gasteiger partial charge in [-0.3, -0.25) is 19.2 Å². The molecule has 0 aromatic heterocycles. The van der Waals surface area contributed by atoms with Crippen molar-refractivity contribution in [3.05, 3.63) is 34.9 Å². The van der Waals surface area contributed by atoms with E-state index in [0.29, 0.717) is 31.0 Å². The molecule has 168 valence electrons. The molecule has 0 radical (unpaired) electrons. The molecule has 3 amide bonds. The van der Waals surface area contributed by atoms with Gasteiger partial charge in [-0.1, -0.05) is 30.7 Å². The summed E-state index contributed by atoms with van der Waals surface area (Å²) in [4.78, 5) is 50.8. The monoisotopic (exact) mass is 451 g/mol. The van der Waals surface area contributed by atoms with Gasteiger partial charge in [-0.15, -0.1) is 0 Å². The first-order valence-electron chi connectivity index (χ1n) is 10.3. The number of benzene rings is 1. The fourth-order valence-corrected chi connectivity index (χ4v) is 3.88. The van der Waals surface area contributed by atoms with Gasteiger partial charge in [-0.25, -0.2) is 0 Å². The smallest absolute Gasteiger partial charge is 0.310 e. The van der Waals surface area contributed by atoms with Crippen molar-refractivity contribution in [2.24, 2.45) is 0 Å². The number of carbonyl (C=O) groups is 4. The van der Waals surface area contributed by atoms with Gasteiger partial charge >= 0.3 is 5.97 Å². The van der Waals surface area contributed by atoms with Crippen molar-refractivity contribution in [1.82, 2.24) is 15.5 Å². The van der Waals surface area contributed by atoms with E-state index < -0.39 is 30.3 Å². The molecule has 0 spiro atoms. The van der Waals surface area contributed by atoms with Crippen molar-refractivity contribution in [3.8, 4) is 0 Å².